The molecule has 1 aromatic carbocycles. The Balaban J connectivity index is 1.17. The normalized spacial score (nSPS) is 18.4. The highest BCUT2D eigenvalue weighted by molar-refractivity contribution is 5.94. The van der Waals surface area contributed by atoms with Gasteiger partial charge >= 0.3 is 0 Å². The number of hydrogen-bond donors (Lipinski definition) is 1. The molecule has 1 unspecified atom stereocenters. The summed E-state index contributed by atoms with van der Waals surface area (Å²) in [5, 5.41) is 3.05. The molecule has 0 bridgehead atoms. The standard InChI is InChI=1S/C26H29FN6O/c1-32-11-9-24-21(17-32)15-30-26(31-24)33-10-3-4-18(16-33)13-29-25(34)20-7-8-23(28-14-20)19-5-2-6-22(27)12-19/h2,5-8,12,14-15,18H,3-4,9-11,13,16-17H2,1H3,(H,29,34). The first-order valence-corrected chi connectivity index (χ1v) is 11.8. The van der Waals surface area contributed by atoms with E-state index in [-0.39, 0.29) is 11.7 Å². The molecule has 7 nitrogen and oxygen atoms in total. The van der Waals surface area contributed by atoms with Crippen LogP contribution in [-0.2, 0) is 13.0 Å². The maximum atomic E-state index is 13.5. The Kier molecular flexibility index (Phi) is 6.49. The topological polar surface area (TPSA) is 74.2 Å². The van der Waals surface area contributed by atoms with Gasteiger partial charge in [0.15, 0.2) is 0 Å². The highest BCUT2D eigenvalue weighted by Crippen LogP contribution is 2.23. The highest BCUT2D eigenvalue weighted by Gasteiger charge is 2.24. The van der Waals surface area contributed by atoms with Crippen LogP contribution in [0.4, 0.5) is 10.3 Å². The molecule has 0 saturated carbocycles. The molecule has 1 saturated heterocycles. The number of hydrogen-bond acceptors (Lipinski definition) is 6. The SMILES string of the molecule is CN1CCc2nc(N3CCCC(CNC(=O)c4ccc(-c5cccc(F)c5)nc4)C3)ncc2C1. The lowest BCUT2D eigenvalue weighted by Gasteiger charge is -2.33. The number of carbonyl (C=O) groups excluding carboxylic acids is 1. The van der Waals surface area contributed by atoms with E-state index >= 15 is 0 Å². The Morgan fingerprint density at radius 3 is 2.91 bits per heavy atom. The summed E-state index contributed by atoms with van der Waals surface area (Å²) in [6, 6.07) is 9.75. The number of anilines is 1. The second-order valence-corrected chi connectivity index (χ2v) is 9.24. The number of aromatic nitrogens is 3. The lowest BCUT2D eigenvalue weighted by atomic mass is 9.98. The number of nitrogens with zero attached hydrogens (tertiary/aromatic N) is 5. The molecule has 2 aliphatic heterocycles. The second kappa shape index (κ2) is 9.85. The number of halogens is 1. The molecule has 0 radical (unpaired) electrons. The van der Waals surface area contributed by atoms with Gasteiger partial charge in [0.2, 0.25) is 5.95 Å². The summed E-state index contributed by atoms with van der Waals surface area (Å²) in [4.78, 5) is 31.0. The maximum absolute atomic E-state index is 13.5. The van der Waals surface area contributed by atoms with Crippen molar-refractivity contribution in [3.8, 4) is 11.3 Å². The maximum Gasteiger partial charge on any atom is 0.252 e. The van der Waals surface area contributed by atoms with Gasteiger partial charge in [0, 0.05) is 62.7 Å². The average molecular weight is 461 g/mol. The number of likely N-dealkylation sites (N-methyl/N-ethyl adjacent to an activating group) is 1. The first-order chi connectivity index (χ1) is 16.5. The quantitative estimate of drug-likeness (QED) is 0.630. The number of fused-ring (bicyclic) bond motifs is 1. The fourth-order valence-electron chi connectivity index (χ4n) is 4.70. The van der Waals surface area contributed by atoms with Gasteiger partial charge in [-0.1, -0.05) is 12.1 Å². The van der Waals surface area contributed by atoms with Crippen LogP contribution in [0.3, 0.4) is 0 Å². The Morgan fingerprint density at radius 1 is 1.18 bits per heavy atom. The minimum atomic E-state index is -0.309. The van der Waals surface area contributed by atoms with Crippen LogP contribution in [0.25, 0.3) is 11.3 Å². The minimum absolute atomic E-state index is 0.149. The molecule has 1 fully saturated rings. The average Bonchev–Trinajstić information content (AvgIpc) is 2.87. The Hall–Kier alpha value is -3.39. The van der Waals surface area contributed by atoms with Gasteiger partial charge in [-0.2, -0.15) is 0 Å². The number of benzene rings is 1. The van der Waals surface area contributed by atoms with Crippen LogP contribution in [0.2, 0.25) is 0 Å². The summed E-state index contributed by atoms with van der Waals surface area (Å²) < 4.78 is 13.5. The molecule has 0 aliphatic carbocycles. The molecule has 5 rings (SSSR count). The number of pyridine rings is 1. The van der Waals surface area contributed by atoms with E-state index < -0.39 is 0 Å². The third kappa shape index (κ3) is 5.07. The molecule has 176 valence electrons. The fourth-order valence-corrected chi connectivity index (χ4v) is 4.70. The molecular weight excluding hydrogens is 431 g/mol. The van der Waals surface area contributed by atoms with E-state index in [2.05, 4.69) is 32.1 Å². The predicted octanol–water partition coefficient (Wildman–Crippen LogP) is 3.31. The van der Waals surface area contributed by atoms with Gasteiger partial charge < -0.3 is 15.1 Å². The monoisotopic (exact) mass is 460 g/mol. The number of carbonyl (C=O) groups is 1. The Morgan fingerprint density at radius 2 is 2.09 bits per heavy atom. The van der Waals surface area contributed by atoms with Crippen molar-refractivity contribution in [3.63, 3.8) is 0 Å². The van der Waals surface area contributed by atoms with Gasteiger partial charge in [-0.05, 0) is 50.1 Å². The number of amides is 1. The van der Waals surface area contributed by atoms with E-state index in [1.807, 2.05) is 6.20 Å². The third-order valence-corrected chi connectivity index (χ3v) is 6.61. The predicted molar refractivity (Wildman–Crippen MR) is 129 cm³/mol. The summed E-state index contributed by atoms with van der Waals surface area (Å²) in [5.74, 6) is 0.681. The van der Waals surface area contributed by atoms with Crippen molar-refractivity contribution in [2.75, 3.05) is 38.1 Å². The van der Waals surface area contributed by atoms with Crippen LogP contribution in [0.15, 0.2) is 48.8 Å². The Labute approximate surface area is 199 Å². The van der Waals surface area contributed by atoms with Crippen molar-refractivity contribution in [2.24, 2.45) is 5.92 Å². The largest absolute Gasteiger partial charge is 0.352 e. The van der Waals surface area contributed by atoms with Crippen molar-refractivity contribution in [1.29, 1.82) is 0 Å². The number of nitrogens with one attached hydrogen (secondary N) is 1. The first kappa shape index (κ1) is 22.4. The van der Waals surface area contributed by atoms with Gasteiger partial charge in [0.1, 0.15) is 5.82 Å². The summed E-state index contributed by atoms with van der Waals surface area (Å²) >= 11 is 0. The lowest BCUT2D eigenvalue weighted by molar-refractivity contribution is 0.0945. The molecule has 1 amide bonds. The number of piperidine rings is 1. The molecular formula is C26H29FN6O. The molecule has 4 heterocycles. The molecule has 34 heavy (non-hydrogen) atoms. The van der Waals surface area contributed by atoms with Gasteiger partial charge in [0.25, 0.3) is 5.91 Å². The fraction of sp³-hybridized carbons (Fsp3) is 0.385. The first-order valence-electron chi connectivity index (χ1n) is 11.8. The Bertz CT molecular complexity index is 1170. The van der Waals surface area contributed by atoms with Crippen LogP contribution in [-0.4, -0.2) is 59.0 Å². The highest BCUT2D eigenvalue weighted by atomic mass is 19.1. The van der Waals surface area contributed by atoms with Crippen LogP contribution < -0.4 is 10.2 Å². The summed E-state index contributed by atoms with van der Waals surface area (Å²) in [5.41, 5.74) is 4.19. The van der Waals surface area contributed by atoms with E-state index in [0.29, 0.717) is 29.3 Å². The van der Waals surface area contributed by atoms with Gasteiger partial charge in [-0.25, -0.2) is 14.4 Å². The van der Waals surface area contributed by atoms with Crippen LogP contribution in [0, 0.1) is 11.7 Å². The third-order valence-electron chi connectivity index (χ3n) is 6.61. The molecule has 1 N–H and O–H groups in total. The second-order valence-electron chi connectivity index (χ2n) is 9.24. The van der Waals surface area contributed by atoms with Crippen molar-refractivity contribution < 1.29 is 9.18 Å². The molecule has 2 aromatic heterocycles. The zero-order chi connectivity index (χ0) is 23.5. The van der Waals surface area contributed by atoms with Crippen molar-refractivity contribution in [2.45, 2.75) is 25.8 Å². The molecule has 2 aliphatic rings. The van der Waals surface area contributed by atoms with Crippen LogP contribution in [0.1, 0.15) is 34.5 Å². The van der Waals surface area contributed by atoms with Gasteiger partial charge in [-0.3, -0.25) is 9.78 Å². The molecule has 1 atom stereocenters. The molecule has 3 aromatic rings. The van der Waals surface area contributed by atoms with Crippen LogP contribution >= 0.6 is 0 Å². The van der Waals surface area contributed by atoms with E-state index in [4.69, 9.17) is 4.98 Å². The van der Waals surface area contributed by atoms with Gasteiger partial charge in [-0.15, -0.1) is 0 Å². The zero-order valence-electron chi connectivity index (χ0n) is 19.4. The van der Waals surface area contributed by atoms with Crippen molar-refractivity contribution >= 4 is 11.9 Å². The van der Waals surface area contributed by atoms with E-state index in [1.54, 1.807) is 30.5 Å². The summed E-state index contributed by atoms with van der Waals surface area (Å²) in [7, 11) is 2.12. The lowest BCUT2D eigenvalue weighted by Crippen LogP contribution is -2.42. The smallest absolute Gasteiger partial charge is 0.252 e. The van der Waals surface area contributed by atoms with Crippen molar-refractivity contribution in [3.05, 3.63) is 71.4 Å². The van der Waals surface area contributed by atoms with Gasteiger partial charge in [0.05, 0.1) is 17.0 Å². The molecule has 8 heteroatoms. The minimum Gasteiger partial charge on any atom is -0.352 e. The van der Waals surface area contributed by atoms with E-state index in [9.17, 15) is 9.18 Å². The summed E-state index contributed by atoms with van der Waals surface area (Å²) in [6.45, 7) is 4.29. The summed E-state index contributed by atoms with van der Waals surface area (Å²) in [6.07, 6.45) is 6.58. The van der Waals surface area contributed by atoms with Crippen molar-refractivity contribution in [1.82, 2.24) is 25.2 Å². The van der Waals surface area contributed by atoms with E-state index in [1.165, 1.54) is 17.7 Å². The molecule has 0 spiro atoms. The zero-order valence-corrected chi connectivity index (χ0v) is 19.4. The van der Waals surface area contributed by atoms with E-state index in [0.717, 1.165) is 57.1 Å². The number of rotatable bonds is 5. The van der Waals surface area contributed by atoms with Crippen LogP contribution in [0.5, 0.6) is 0 Å².